The number of rotatable bonds is 4. The summed E-state index contributed by atoms with van der Waals surface area (Å²) in [6.45, 7) is 0.560. The number of hydrogen-bond donors (Lipinski definition) is 2. The zero-order valence-electron chi connectivity index (χ0n) is 7.93. The molecule has 0 radical (unpaired) electrons. The van der Waals surface area contributed by atoms with Crippen molar-refractivity contribution < 1.29 is 5.11 Å². The highest BCUT2D eigenvalue weighted by molar-refractivity contribution is 6.34. The molecule has 1 unspecified atom stereocenters. The SMILES string of the molecule is CNCC(O)Cc1cc(Cl)cc(Cl)c1. The summed E-state index contributed by atoms with van der Waals surface area (Å²) in [6, 6.07) is 5.30. The van der Waals surface area contributed by atoms with Gasteiger partial charge in [-0.25, -0.2) is 0 Å². The topological polar surface area (TPSA) is 32.3 Å². The van der Waals surface area contributed by atoms with E-state index in [1.54, 1.807) is 13.1 Å². The number of aliphatic hydroxyl groups is 1. The van der Waals surface area contributed by atoms with Crippen LogP contribution in [-0.4, -0.2) is 24.8 Å². The Balaban J connectivity index is 2.66. The molecule has 78 valence electrons. The molecule has 0 aliphatic rings. The molecule has 0 amide bonds. The first-order valence-corrected chi connectivity index (χ1v) is 5.15. The first-order chi connectivity index (χ1) is 6.61. The molecule has 1 rings (SSSR count). The van der Waals surface area contributed by atoms with Gasteiger partial charge in [0.1, 0.15) is 0 Å². The van der Waals surface area contributed by atoms with Crippen molar-refractivity contribution in [3.63, 3.8) is 0 Å². The summed E-state index contributed by atoms with van der Waals surface area (Å²) >= 11 is 11.7. The third kappa shape index (κ3) is 3.84. The first-order valence-electron chi connectivity index (χ1n) is 4.39. The number of nitrogens with one attached hydrogen (secondary N) is 1. The highest BCUT2D eigenvalue weighted by Gasteiger charge is 2.05. The van der Waals surface area contributed by atoms with Gasteiger partial charge in [0.2, 0.25) is 0 Å². The summed E-state index contributed by atoms with van der Waals surface area (Å²) in [5.74, 6) is 0. The Bertz CT molecular complexity index is 284. The minimum Gasteiger partial charge on any atom is -0.391 e. The van der Waals surface area contributed by atoms with E-state index in [1.807, 2.05) is 12.1 Å². The molecular formula is C10H13Cl2NO. The molecule has 14 heavy (non-hydrogen) atoms. The molecule has 0 heterocycles. The second-order valence-electron chi connectivity index (χ2n) is 3.19. The molecule has 0 aliphatic carbocycles. The lowest BCUT2D eigenvalue weighted by molar-refractivity contribution is 0.175. The van der Waals surface area contributed by atoms with Gasteiger partial charge < -0.3 is 10.4 Å². The van der Waals surface area contributed by atoms with E-state index < -0.39 is 6.10 Å². The fourth-order valence-corrected chi connectivity index (χ4v) is 1.88. The molecule has 0 spiro atoms. The van der Waals surface area contributed by atoms with Gasteiger partial charge in [0.15, 0.2) is 0 Å². The van der Waals surface area contributed by atoms with Crippen LogP contribution in [0.25, 0.3) is 0 Å². The summed E-state index contributed by atoms with van der Waals surface area (Å²) < 4.78 is 0. The van der Waals surface area contributed by atoms with E-state index in [0.29, 0.717) is 23.0 Å². The highest BCUT2D eigenvalue weighted by Crippen LogP contribution is 2.19. The minimum atomic E-state index is -0.408. The van der Waals surface area contributed by atoms with Gasteiger partial charge in [0, 0.05) is 16.6 Å². The molecule has 2 nitrogen and oxygen atoms in total. The van der Waals surface area contributed by atoms with Crippen molar-refractivity contribution in [1.82, 2.24) is 5.32 Å². The average Bonchev–Trinajstić information content (AvgIpc) is 2.01. The fourth-order valence-electron chi connectivity index (χ4n) is 1.31. The molecule has 0 bridgehead atoms. The van der Waals surface area contributed by atoms with Gasteiger partial charge in [-0.1, -0.05) is 23.2 Å². The van der Waals surface area contributed by atoms with Crippen LogP contribution < -0.4 is 5.32 Å². The molecule has 1 aromatic rings. The van der Waals surface area contributed by atoms with Crippen molar-refractivity contribution in [2.75, 3.05) is 13.6 Å². The molecule has 0 aromatic heterocycles. The number of halogens is 2. The van der Waals surface area contributed by atoms with Crippen molar-refractivity contribution in [3.8, 4) is 0 Å². The van der Waals surface area contributed by atoms with Crippen LogP contribution in [0, 0.1) is 0 Å². The summed E-state index contributed by atoms with van der Waals surface area (Å²) in [4.78, 5) is 0. The van der Waals surface area contributed by atoms with Gasteiger partial charge in [-0.3, -0.25) is 0 Å². The molecule has 0 aliphatic heterocycles. The van der Waals surface area contributed by atoms with Crippen molar-refractivity contribution in [2.45, 2.75) is 12.5 Å². The summed E-state index contributed by atoms with van der Waals surface area (Å²) in [7, 11) is 1.80. The second-order valence-corrected chi connectivity index (χ2v) is 4.07. The second kappa shape index (κ2) is 5.56. The van der Waals surface area contributed by atoms with Crippen LogP contribution in [0.2, 0.25) is 10.0 Å². The van der Waals surface area contributed by atoms with E-state index in [-0.39, 0.29) is 0 Å². The zero-order valence-corrected chi connectivity index (χ0v) is 9.44. The monoisotopic (exact) mass is 233 g/mol. The van der Waals surface area contributed by atoms with Crippen LogP contribution in [-0.2, 0) is 6.42 Å². The quantitative estimate of drug-likeness (QED) is 0.836. The van der Waals surface area contributed by atoms with Crippen molar-refractivity contribution in [1.29, 1.82) is 0 Å². The smallest absolute Gasteiger partial charge is 0.0704 e. The molecule has 0 fully saturated rings. The van der Waals surface area contributed by atoms with Gasteiger partial charge in [0.05, 0.1) is 6.10 Å². The largest absolute Gasteiger partial charge is 0.391 e. The van der Waals surface area contributed by atoms with E-state index in [0.717, 1.165) is 5.56 Å². The Labute approximate surface area is 93.8 Å². The molecule has 0 saturated carbocycles. The molecular weight excluding hydrogens is 221 g/mol. The summed E-state index contributed by atoms with van der Waals surface area (Å²) in [5, 5.41) is 13.6. The highest BCUT2D eigenvalue weighted by atomic mass is 35.5. The fraction of sp³-hybridized carbons (Fsp3) is 0.400. The maximum atomic E-state index is 9.54. The third-order valence-electron chi connectivity index (χ3n) is 1.83. The average molecular weight is 234 g/mol. The Morgan fingerprint density at radius 2 is 1.86 bits per heavy atom. The standard InChI is InChI=1S/C10H13Cl2NO/c1-13-6-10(14)4-7-2-8(11)5-9(12)3-7/h2-3,5,10,13-14H,4,6H2,1H3. The molecule has 1 atom stereocenters. The maximum absolute atomic E-state index is 9.54. The van der Waals surface area contributed by atoms with Crippen molar-refractivity contribution in [2.24, 2.45) is 0 Å². The van der Waals surface area contributed by atoms with Gasteiger partial charge >= 0.3 is 0 Å². The molecule has 2 N–H and O–H groups in total. The van der Waals surface area contributed by atoms with Crippen LogP contribution >= 0.6 is 23.2 Å². The van der Waals surface area contributed by atoms with Gasteiger partial charge in [-0.05, 0) is 37.2 Å². The zero-order chi connectivity index (χ0) is 10.6. The molecule has 4 heteroatoms. The van der Waals surface area contributed by atoms with E-state index >= 15 is 0 Å². The lowest BCUT2D eigenvalue weighted by Crippen LogP contribution is -2.25. The van der Waals surface area contributed by atoms with Gasteiger partial charge in [0.25, 0.3) is 0 Å². The van der Waals surface area contributed by atoms with Gasteiger partial charge in [-0.2, -0.15) is 0 Å². The number of aliphatic hydroxyl groups excluding tert-OH is 1. The van der Waals surface area contributed by atoms with Crippen molar-refractivity contribution in [3.05, 3.63) is 33.8 Å². The van der Waals surface area contributed by atoms with Crippen LogP contribution in [0.15, 0.2) is 18.2 Å². The van der Waals surface area contributed by atoms with Crippen LogP contribution in [0.3, 0.4) is 0 Å². The van der Waals surface area contributed by atoms with E-state index in [1.165, 1.54) is 0 Å². The lowest BCUT2D eigenvalue weighted by Gasteiger charge is -2.10. The Hall–Kier alpha value is -0.280. The Morgan fingerprint density at radius 3 is 2.36 bits per heavy atom. The van der Waals surface area contributed by atoms with Crippen molar-refractivity contribution >= 4 is 23.2 Å². The third-order valence-corrected chi connectivity index (χ3v) is 2.27. The number of benzene rings is 1. The van der Waals surface area contributed by atoms with E-state index in [4.69, 9.17) is 23.2 Å². The predicted molar refractivity (Wildman–Crippen MR) is 60.1 cm³/mol. The van der Waals surface area contributed by atoms with Crippen LogP contribution in [0.5, 0.6) is 0 Å². The normalized spacial score (nSPS) is 12.9. The Morgan fingerprint density at radius 1 is 1.29 bits per heavy atom. The first kappa shape index (κ1) is 11.8. The number of likely N-dealkylation sites (N-methyl/N-ethyl adjacent to an activating group) is 1. The van der Waals surface area contributed by atoms with Crippen LogP contribution in [0.1, 0.15) is 5.56 Å². The maximum Gasteiger partial charge on any atom is 0.0704 e. The van der Waals surface area contributed by atoms with Crippen LogP contribution in [0.4, 0.5) is 0 Å². The Kier molecular flexibility index (Phi) is 4.69. The van der Waals surface area contributed by atoms with E-state index in [2.05, 4.69) is 5.32 Å². The number of hydrogen-bond acceptors (Lipinski definition) is 2. The molecule has 1 aromatic carbocycles. The van der Waals surface area contributed by atoms with E-state index in [9.17, 15) is 5.11 Å². The summed E-state index contributed by atoms with van der Waals surface area (Å²) in [5.41, 5.74) is 0.949. The molecule has 0 saturated heterocycles. The predicted octanol–water partition coefficient (Wildman–Crippen LogP) is 2.12. The van der Waals surface area contributed by atoms with Gasteiger partial charge in [-0.15, -0.1) is 0 Å². The summed E-state index contributed by atoms with van der Waals surface area (Å²) in [6.07, 6.45) is 0.149. The minimum absolute atomic E-state index is 0.408. The lowest BCUT2D eigenvalue weighted by atomic mass is 10.1.